The summed E-state index contributed by atoms with van der Waals surface area (Å²) in [5, 5.41) is 5.60. The number of hydrogen-bond donors (Lipinski definition) is 2. The lowest BCUT2D eigenvalue weighted by Gasteiger charge is -2.17. The summed E-state index contributed by atoms with van der Waals surface area (Å²) in [5.74, 6) is 0.435. The molecule has 0 aliphatic rings. The summed E-state index contributed by atoms with van der Waals surface area (Å²) < 4.78 is 15.8. The molecule has 2 amide bonds. The Hall–Kier alpha value is -4.00. The number of furan rings is 1. The molecule has 1 heterocycles. The average molecular weight is 434 g/mol. The van der Waals surface area contributed by atoms with Gasteiger partial charge in [0, 0.05) is 11.6 Å². The highest BCUT2D eigenvalue weighted by atomic mass is 16.5. The Morgan fingerprint density at radius 1 is 1.00 bits per heavy atom. The zero-order chi connectivity index (χ0) is 23.1. The van der Waals surface area contributed by atoms with Crippen molar-refractivity contribution in [1.82, 2.24) is 10.6 Å². The van der Waals surface area contributed by atoms with Crippen molar-refractivity contribution in [3.8, 4) is 11.5 Å². The van der Waals surface area contributed by atoms with Gasteiger partial charge in [-0.05, 0) is 49.7 Å². The van der Waals surface area contributed by atoms with E-state index in [0.717, 1.165) is 11.1 Å². The number of hydrogen-bond acceptors (Lipinski definition) is 5. The van der Waals surface area contributed by atoms with Gasteiger partial charge in [-0.2, -0.15) is 0 Å². The molecule has 0 radical (unpaired) electrons. The van der Waals surface area contributed by atoms with E-state index in [9.17, 15) is 9.59 Å². The molecule has 7 heteroatoms. The maximum absolute atomic E-state index is 13.0. The van der Waals surface area contributed by atoms with E-state index in [4.69, 9.17) is 13.9 Å². The summed E-state index contributed by atoms with van der Waals surface area (Å²) in [6, 6.07) is 15.8. The van der Waals surface area contributed by atoms with Crippen LogP contribution in [0, 0.1) is 6.92 Å². The van der Waals surface area contributed by atoms with Crippen LogP contribution in [0.5, 0.6) is 11.5 Å². The highest BCUT2D eigenvalue weighted by Gasteiger charge is 2.19. The molecule has 0 aliphatic carbocycles. The Morgan fingerprint density at radius 3 is 2.34 bits per heavy atom. The van der Waals surface area contributed by atoms with Crippen molar-refractivity contribution >= 4 is 17.9 Å². The van der Waals surface area contributed by atoms with Crippen LogP contribution in [0.4, 0.5) is 0 Å². The molecular formula is C25H26N2O5. The molecule has 0 aliphatic heterocycles. The number of methoxy groups -OCH3 is 2. The molecule has 0 saturated carbocycles. The van der Waals surface area contributed by atoms with Crippen LogP contribution in [0.1, 0.15) is 40.2 Å². The standard InChI is InChI=1S/C25H26N2O5/c1-16-7-9-18(10-8-16)17(2)26-25(29)21(15-20-6-5-13-32-20)27-24(28)19-11-12-22(30-3)23(14-19)31-4/h5-15,17H,1-4H3,(H,26,29)(H,27,28)/b21-15-/t17-/m1/s1. The van der Waals surface area contributed by atoms with Crippen LogP contribution in [0.2, 0.25) is 0 Å². The van der Waals surface area contributed by atoms with Crippen molar-refractivity contribution in [2.45, 2.75) is 19.9 Å². The van der Waals surface area contributed by atoms with Gasteiger partial charge in [0.15, 0.2) is 11.5 Å². The first-order valence-corrected chi connectivity index (χ1v) is 10.1. The Bertz CT molecular complexity index is 1100. The van der Waals surface area contributed by atoms with Gasteiger partial charge in [0.1, 0.15) is 11.5 Å². The van der Waals surface area contributed by atoms with Gasteiger partial charge in [-0.15, -0.1) is 0 Å². The Morgan fingerprint density at radius 2 is 1.72 bits per heavy atom. The monoisotopic (exact) mass is 434 g/mol. The van der Waals surface area contributed by atoms with Crippen LogP contribution in [-0.4, -0.2) is 26.0 Å². The molecule has 32 heavy (non-hydrogen) atoms. The average Bonchev–Trinajstić information content (AvgIpc) is 3.31. The van der Waals surface area contributed by atoms with Crippen molar-refractivity contribution < 1.29 is 23.5 Å². The molecule has 0 bridgehead atoms. The van der Waals surface area contributed by atoms with E-state index in [1.54, 1.807) is 30.3 Å². The van der Waals surface area contributed by atoms with E-state index in [-0.39, 0.29) is 11.7 Å². The molecule has 0 fully saturated rings. The van der Waals surface area contributed by atoms with E-state index in [1.165, 1.54) is 26.6 Å². The third kappa shape index (κ3) is 5.57. The lowest BCUT2D eigenvalue weighted by molar-refractivity contribution is -0.118. The van der Waals surface area contributed by atoms with Gasteiger partial charge in [-0.3, -0.25) is 9.59 Å². The first-order valence-electron chi connectivity index (χ1n) is 10.1. The Balaban J connectivity index is 1.82. The molecule has 1 aromatic heterocycles. The van der Waals surface area contributed by atoms with Crippen LogP contribution < -0.4 is 20.1 Å². The van der Waals surface area contributed by atoms with Gasteiger partial charge < -0.3 is 24.5 Å². The van der Waals surface area contributed by atoms with Crippen LogP contribution in [0.25, 0.3) is 6.08 Å². The quantitative estimate of drug-likeness (QED) is 0.517. The summed E-state index contributed by atoms with van der Waals surface area (Å²) in [5.41, 5.74) is 2.45. The van der Waals surface area contributed by atoms with Gasteiger partial charge in [0.2, 0.25) is 0 Å². The largest absolute Gasteiger partial charge is 0.493 e. The van der Waals surface area contributed by atoms with Gasteiger partial charge in [-0.1, -0.05) is 29.8 Å². The molecule has 0 unspecified atom stereocenters. The maximum atomic E-state index is 13.0. The second-order valence-electron chi connectivity index (χ2n) is 7.20. The van der Waals surface area contributed by atoms with Crippen LogP contribution >= 0.6 is 0 Å². The van der Waals surface area contributed by atoms with E-state index >= 15 is 0 Å². The SMILES string of the molecule is COc1ccc(C(=O)N/C(=C\c2ccco2)C(=O)N[C@H](C)c2ccc(C)cc2)cc1OC. The summed E-state index contributed by atoms with van der Waals surface area (Å²) in [7, 11) is 3.00. The fourth-order valence-electron chi connectivity index (χ4n) is 3.06. The number of carbonyl (C=O) groups is 2. The minimum Gasteiger partial charge on any atom is -0.493 e. The number of nitrogens with one attached hydrogen (secondary N) is 2. The van der Waals surface area contributed by atoms with Gasteiger partial charge in [0.25, 0.3) is 11.8 Å². The molecule has 1 atom stereocenters. The predicted octanol–water partition coefficient (Wildman–Crippen LogP) is 4.25. The summed E-state index contributed by atoms with van der Waals surface area (Å²) in [4.78, 5) is 25.9. The van der Waals surface area contributed by atoms with Crippen LogP contribution in [0.15, 0.2) is 71.0 Å². The second kappa shape index (κ2) is 10.3. The highest BCUT2D eigenvalue weighted by Crippen LogP contribution is 2.27. The molecule has 7 nitrogen and oxygen atoms in total. The van der Waals surface area contributed by atoms with Crippen LogP contribution in [0.3, 0.4) is 0 Å². The van der Waals surface area contributed by atoms with Gasteiger partial charge >= 0.3 is 0 Å². The zero-order valence-corrected chi connectivity index (χ0v) is 18.5. The number of amides is 2. The van der Waals surface area contributed by atoms with Gasteiger partial charge in [-0.25, -0.2) is 0 Å². The molecule has 0 spiro atoms. The Kier molecular flexibility index (Phi) is 7.33. The summed E-state index contributed by atoms with van der Waals surface area (Å²) >= 11 is 0. The third-order valence-electron chi connectivity index (χ3n) is 4.89. The fourth-order valence-corrected chi connectivity index (χ4v) is 3.06. The van der Waals surface area contributed by atoms with Crippen molar-refractivity contribution in [2.75, 3.05) is 14.2 Å². The number of carbonyl (C=O) groups excluding carboxylic acids is 2. The third-order valence-corrected chi connectivity index (χ3v) is 4.89. The molecule has 0 saturated heterocycles. The first kappa shape index (κ1) is 22.7. The minimum atomic E-state index is -0.470. The summed E-state index contributed by atoms with van der Waals surface area (Å²) in [6.07, 6.45) is 2.97. The highest BCUT2D eigenvalue weighted by molar-refractivity contribution is 6.05. The lowest BCUT2D eigenvalue weighted by Crippen LogP contribution is -2.36. The smallest absolute Gasteiger partial charge is 0.268 e. The van der Waals surface area contributed by atoms with Gasteiger partial charge in [0.05, 0.1) is 26.5 Å². The minimum absolute atomic E-state index is 0.0543. The van der Waals surface area contributed by atoms with E-state index < -0.39 is 11.8 Å². The van der Waals surface area contributed by atoms with E-state index in [1.807, 2.05) is 38.1 Å². The molecule has 2 aromatic carbocycles. The van der Waals surface area contributed by atoms with E-state index in [2.05, 4.69) is 10.6 Å². The predicted molar refractivity (Wildman–Crippen MR) is 121 cm³/mol. The number of rotatable bonds is 8. The summed E-state index contributed by atoms with van der Waals surface area (Å²) in [6.45, 7) is 3.88. The van der Waals surface area contributed by atoms with Crippen molar-refractivity contribution in [3.05, 3.63) is 89.0 Å². The molecule has 3 rings (SSSR count). The molecule has 3 aromatic rings. The topological polar surface area (TPSA) is 89.8 Å². The first-order chi connectivity index (χ1) is 15.4. The van der Waals surface area contributed by atoms with Crippen LogP contribution in [-0.2, 0) is 4.79 Å². The normalized spacial score (nSPS) is 12.1. The fraction of sp³-hybridized carbons (Fsp3) is 0.200. The van der Waals surface area contributed by atoms with Crippen molar-refractivity contribution in [1.29, 1.82) is 0 Å². The zero-order valence-electron chi connectivity index (χ0n) is 18.5. The molecular weight excluding hydrogens is 408 g/mol. The Labute approximate surface area is 187 Å². The molecule has 2 N–H and O–H groups in total. The number of ether oxygens (including phenoxy) is 2. The number of aryl methyl sites for hydroxylation is 1. The maximum Gasteiger partial charge on any atom is 0.268 e. The lowest BCUT2D eigenvalue weighted by atomic mass is 10.1. The van der Waals surface area contributed by atoms with E-state index in [0.29, 0.717) is 22.8 Å². The number of benzene rings is 2. The van der Waals surface area contributed by atoms with Crippen molar-refractivity contribution in [3.63, 3.8) is 0 Å². The second-order valence-corrected chi connectivity index (χ2v) is 7.20. The van der Waals surface area contributed by atoms with Crippen molar-refractivity contribution in [2.24, 2.45) is 0 Å². The molecule has 166 valence electrons.